The molecule has 654 valence electrons. The molecule has 13 aromatic carbocycles. The van der Waals surface area contributed by atoms with Crippen molar-refractivity contribution >= 4 is 109 Å². The molecular weight excluding hydrogens is 1550 g/mol. The summed E-state index contributed by atoms with van der Waals surface area (Å²) < 4.78 is 32.7. The first-order chi connectivity index (χ1) is 62.2. The van der Waals surface area contributed by atoms with Crippen molar-refractivity contribution in [3.63, 3.8) is 0 Å². The van der Waals surface area contributed by atoms with E-state index in [1.807, 2.05) is 12.1 Å². The lowest BCUT2D eigenvalue weighted by Crippen LogP contribution is -2.35. The van der Waals surface area contributed by atoms with E-state index in [-0.39, 0.29) is 23.3 Å². The summed E-state index contributed by atoms with van der Waals surface area (Å²) in [5, 5.41) is 15.7. The van der Waals surface area contributed by atoms with Crippen LogP contribution in [-0.4, -0.2) is 9.38 Å². The Morgan fingerprint density at radius 2 is 0.675 bits per heavy atom. The third kappa shape index (κ3) is 20.0. The predicted molar refractivity (Wildman–Crippen MR) is 533 cm³/mol. The highest BCUT2D eigenvalue weighted by Gasteiger charge is 2.38. The molecule has 2 aliphatic rings. The number of rotatable bonds is 52. The number of aryl methyl sites for hydroxylation is 4. The molecule has 2 aromatic heterocycles. The van der Waals surface area contributed by atoms with E-state index in [0.717, 1.165) is 111 Å². The summed E-state index contributed by atoms with van der Waals surface area (Å²) in [5.74, 6) is 4.97. The van der Waals surface area contributed by atoms with Gasteiger partial charge in [0, 0.05) is 59.3 Å². The Hall–Kier alpha value is -10.7. The van der Waals surface area contributed by atoms with E-state index in [2.05, 4.69) is 214 Å². The van der Waals surface area contributed by atoms with Crippen LogP contribution in [0.4, 0.5) is 11.4 Å². The minimum atomic E-state index is -0.239. The Balaban J connectivity index is 0.868. The van der Waals surface area contributed by atoms with Gasteiger partial charge in [0.15, 0.2) is 5.75 Å². The van der Waals surface area contributed by atoms with E-state index in [4.69, 9.17) is 23.9 Å². The van der Waals surface area contributed by atoms with E-state index in [0.29, 0.717) is 100 Å². The standard InChI is InChI=1S/C116H134N4O6/c1-5-9-13-17-21-25-29-33-37-41-49-81-57-65-89(66-58-81)123-101-77-93-105-96(80-119-99-75-87-55-47-45-53-85(87)73-97(99)117-114(93)119)112(121)113(126-92-71-63-84(64-72-92)52-44-40-36-32-28-24-20-16-12-8-4)111-108-102(124-90-67-59-82(60-68-90)50-42-38-34-30-26-22-18-14-10-6-2)78-94-104-95(116(122)120-100-76-88-56-48-46-54-86(88)74-98(100)118-115(94)120)79-103(106(109(104)108)107(101)110(105)111)125-91-69-61-83(62-70-91)51-43-39-35-31-27-23-19-15-11-7-3/h45-48,53-79,117H,5-44,49-52,80H2,1-4H3. The minimum absolute atomic E-state index is 0.166. The van der Waals surface area contributed by atoms with Gasteiger partial charge in [0.2, 0.25) is 5.43 Å². The van der Waals surface area contributed by atoms with Crippen molar-refractivity contribution in [1.29, 1.82) is 0 Å². The summed E-state index contributed by atoms with van der Waals surface area (Å²) in [6.07, 6.45) is 55.1. The second-order valence-electron chi connectivity index (χ2n) is 37.2. The molecule has 0 atom stereocenters. The molecule has 17 rings (SSSR count). The maximum atomic E-state index is 17.3. The topological polar surface area (TPSA) is 104 Å². The summed E-state index contributed by atoms with van der Waals surface area (Å²) in [6.45, 7) is 9.40. The first-order valence-corrected chi connectivity index (χ1v) is 49.8. The number of pyridine rings is 1. The van der Waals surface area contributed by atoms with Gasteiger partial charge in [-0.2, -0.15) is 0 Å². The maximum Gasteiger partial charge on any atom is 0.264 e. The van der Waals surface area contributed by atoms with Crippen LogP contribution in [0.2, 0.25) is 0 Å². The van der Waals surface area contributed by atoms with Crippen LogP contribution in [0.5, 0.6) is 46.0 Å². The van der Waals surface area contributed by atoms with Gasteiger partial charge in [-0.3, -0.25) is 14.0 Å². The molecule has 0 spiro atoms. The first kappa shape index (κ1) is 87.4. The van der Waals surface area contributed by atoms with E-state index < -0.39 is 0 Å². The number of ether oxygens (including phenoxy) is 4. The Bertz CT molecular complexity index is 6350. The zero-order chi connectivity index (χ0) is 85.9. The van der Waals surface area contributed by atoms with Gasteiger partial charge >= 0.3 is 0 Å². The number of benzene rings is 13. The second-order valence-corrected chi connectivity index (χ2v) is 37.2. The molecule has 10 heteroatoms. The highest BCUT2D eigenvalue weighted by Crippen LogP contribution is 2.57. The Labute approximate surface area is 747 Å². The van der Waals surface area contributed by atoms with E-state index >= 15 is 9.59 Å². The Morgan fingerprint density at radius 3 is 1.10 bits per heavy atom. The normalized spacial score (nSPS) is 12.6. The number of hydrogen-bond acceptors (Lipinski definition) is 9. The van der Waals surface area contributed by atoms with Crippen LogP contribution in [0.25, 0.3) is 97.9 Å². The number of fused-ring (bicyclic) bond motifs is 11. The van der Waals surface area contributed by atoms with Crippen molar-refractivity contribution in [3.05, 3.63) is 242 Å². The van der Waals surface area contributed by atoms with Crippen LogP contribution in [0.1, 0.15) is 312 Å². The lowest BCUT2D eigenvalue weighted by molar-refractivity contribution is 0.480. The van der Waals surface area contributed by atoms with Crippen molar-refractivity contribution in [2.45, 2.75) is 317 Å². The number of unbranched alkanes of at least 4 members (excludes halogenated alkanes) is 36. The number of imidazole rings is 1. The fourth-order valence-electron chi connectivity index (χ4n) is 20.6. The Kier molecular flexibility index (Phi) is 29.6. The summed E-state index contributed by atoms with van der Waals surface area (Å²) in [6, 6.07) is 66.3. The molecule has 0 aliphatic carbocycles. The molecular formula is C116H134N4O6. The average molecular weight is 1680 g/mol. The molecule has 0 saturated heterocycles. The van der Waals surface area contributed by atoms with Gasteiger partial charge in [-0.05, 0) is 186 Å². The van der Waals surface area contributed by atoms with Crippen molar-refractivity contribution in [2.24, 2.45) is 0 Å². The van der Waals surface area contributed by atoms with Gasteiger partial charge in [-0.15, -0.1) is 0 Å². The molecule has 2 aliphatic heterocycles. The molecule has 1 N–H and O–H groups in total. The molecule has 0 radical (unpaired) electrons. The Morgan fingerprint density at radius 1 is 0.325 bits per heavy atom. The molecule has 0 bridgehead atoms. The zero-order valence-corrected chi connectivity index (χ0v) is 76.0. The van der Waals surface area contributed by atoms with E-state index in [9.17, 15) is 0 Å². The third-order valence-electron chi connectivity index (χ3n) is 27.7. The molecule has 126 heavy (non-hydrogen) atoms. The highest BCUT2D eigenvalue weighted by molar-refractivity contribution is 6.42. The van der Waals surface area contributed by atoms with Crippen LogP contribution in [0.15, 0.2) is 198 Å². The van der Waals surface area contributed by atoms with Gasteiger partial charge in [-0.1, -0.05) is 356 Å². The highest BCUT2D eigenvalue weighted by atomic mass is 16.5. The van der Waals surface area contributed by atoms with E-state index in [1.165, 1.54) is 253 Å². The molecule has 0 amide bonds. The van der Waals surface area contributed by atoms with E-state index in [1.54, 1.807) is 4.40 Å². The summed E-state index contributed by atoms with van der Waals surface area (Å²) in [4.78, 5) is 41.9. The van der Waals surface area contributed by atoms with Crippen molar-refractivity contribution < 1.29 is 18.9 Å². The average Bonchev–Trinajstić information content (AvgIpc) is 1.06. The maximum absolute atomic E-state index is 17.3. The zero-order valence-electron chi connectivity index (χ0n) is 76.0. The van der Waals surface area contributed by atoms with Gasteiger partial charge in [-0.25, -0.2) is 4.98 Å². The molecule has 0 fully saturated rings. The van der Waals surface area contributed by atoms with Crippen LogP contribution in [-0.2, 0) is 32.2 Å². The molecule has 0 unspecified atom stereocenters. The van der Waals surface area contributed by atoms with Gasteiger partial charge < -0.3 is 29.2 Å². The fraction of sp³-hybridized carbons (Fsp3) is 0.422. The predicted octanol–water partition coefficient (Wildman–Crippen LogP) is 33.4. The first-order valence-electron chi connectivity index (χ1n) is 49.8. The largest absolute Gasteiger partial charge is 0.457 e. The van der Waals surface area contributed by atoms with Crippen molar-refractivity contribution in [1.82, 2.24) is 9.38 Å². The molecule has 4 heterocycles. The van der Waals surface area contributed by atoms with Crippen LogP contribution < -0.4 is 45.4 Å². The van der Waals surface area contributed by atoms with Crippen LogP contribution in [0.3, 0.4) is 0 Å². The number of anilines is 2. The SMILES string of the molecule is CCCCCCCCCCCCc1ccc(Oc2cc3c4c(c(=O)c(Oc5ccc(CCCCCCCCCCCC)cc5)c5c6c(Oc7ccc(CCCCCCCCCCCC)cc7)cc7c8c(cc(Oc9ccc(CCCCCCCCCCCC)cc9)c(c2c45)c68)c(=O)n2c4cc5ccccc5cc4nc72)CN2C=3Nc3cc4ccccc4cc32)cc1. The quantitative estimate of drug-likeness (QED) is 0.0227. The molecule has 15 aromatic rings. The monoisotopic (exact) mass is 1680 g/mol. The lowest BCUT2D eigenvalue weighted by Gasteiger charge is -2.29. The molecule has 0 saturated carbocycles. The number of aromatic nitrogens is 2. The smallest absolute Gasteiger partial charge is 0.264 e. The van der Waals surface area contributed by atoms with Gasteiger partial charge in [0.25, 0.3) is 5.56 Å². The van der Waals surface area contributed by atoms with Crippen molar-refractivity contribution in [3.8, 4) is 46.0 Å². The van der Waals surface area contributed by atoms with Gasteiger partial charge in [0.05, 0.1) is 34.3 Å². The van der Waals surface area contributed by atoms with Crippen LogP contribution >= 0.6 is 0 Å². The second kappa shape index (κ2) is 42.7. The number of hydrogen-bond donors (Lipinski definition) is 1. The minimum Gasteiger partial charge on any atom is -0.457 e. The summed E-state index contributed by atoms with van der Waals surface area (Å²) >= 11 is 0. The lowest BCUT2D eigenvalue weighted by atomic mass is 9.83. The van der Waals surface area contributed by atoms with Crippen LogP contribution in [0, 0.1) is 0 Å². The van der Waals surface area contributed by atoms with Crippen molar-refractivity contribution in [2.75, 3.05) is 10.2 Å². The molecule has 10 nitrogen and oxygen atoms in total. The summed E-state index contributed by atoms with van der Waals surface area (Å²) in [7, 11) is 0. The fourth-order valence-corrected chi connectivity index (χ4v) is 20.6. The number of nitrogens with zero attached hydrogens (tertiary/aromatic N) is 3. The van der Waals surface area contributed by atoms with Gasteiger partial charge in [0.1, 0.15) is 51.7 Å². The third-order valence-corrected chi connectivity index (χ3v) is 27.7. The summed E-state index contributed by atoms with van der Waals surface area (Å²) in [5.41, 5.74) is 8.96. The number of nitrogens with one attached hydrogen (secondary N) is 1.